The molecule has 0 saturated carbocycles. The van der Waals surface area contributed by atoms with Crippen molar-refractivity contribution < 1.29 is 28.3 Å². The van der Waals surface area contributed by atoms with E-state index in [1.165, 1.54) is 55.7 Å². The lowest BCUT2D eigenvalue weighted by Crippen LogP contribution is -2.37. The van der Waals surface area contributed by atoms with E-state index in [9.17, 15) is 23.6 Å². The lowest BCUT2D eigenvalue weighted by Gasteiger charge is -2.13. The molecule has 0 aliphatic carbocycles. The van der Waals surface area contributed by atoms with Gasteiger partial charge in [-0.2, -0.15) is 0 Å². The van der Waals surface area contributed by atoms with Crippen LogP contribution in [0.25, 0.3) is 6.08 Å². The second kappa shape index (κ2) is 9.90. The third-order valence-corrected chi connectivity index (χ3v) is 5.17. The summed E-state index contributed by atoms with van der Waals surface area (Å²) in [7, 11) is 1.24. The van der Waals surface area contributed by atoms with Crippen molar-refractivity contribution in [3.05, 3.63) is 70.4 Å². The minimum absolute atomic E-state index is 0.0208. The van der Waals surface area contributed by atoms with Gasteiger partial charge in [-0.05, 0) is 48.2 Å². The molecule has 1 saturated heterocycles. The predicted octanol–water partition coefficient (Wildman–Crippen LogP) is 3.47. The van der Waals surface area contributed by atoms with Gasteiger partial charge in [0.25, 0.3) is 17.1 Å². The number of methoxy groups -OCH3 is 1. The largest absolute Gasteiger partial charge is 0.453 e. The zero-order valence-electron chi connectivity index (χ0n) is 16.4. The lowest BCUT2D eigenvalue weighted by atomic mass is 10.2. The van der Waals surface area contributed by atoms with Gasteiger partial charge in [0.05, 0.1) is 12.0 Å². The monoisotopic (exact) mass is 443 g/mol. The van der Waals surface area contributed by atoms with E-state index >= 15 is 0 Å². The molecule has 0 bridgehead atoms. The maximum Gasteiger partial charge on any atom is 0.411 e. The standard InChI is InChI=1S/C21H18FN3O5S/c1-30-20(28)24-15-8-6-13(7-9-15)18(26)23-10-11-25-19(27)17(31-21(25)29)12-14-4-2-3-5-16(14)22/h2-9,12H,10-11H2,1H3,(H,23,26)(H,24,28). The number of ether oxygens (including phenoxy) is 1. The molecule has 3 rings (SSSR count). The fourth-order valence-corrected chi connectivity index (χ4v) is 3.54. The van der Waals surface area contributed by atoms with Crippen molar-refractivity contribution in [1.82, 2.24) is 10.2 Å². The summed E-state index contributed by atoms with van der Waals surface area (Å²) < 4.78 is 18.3. The predicted molar refractivity (Wildman–Crippen MR) is 114 cm³/mol. The van der Waals surface area contributed by atoms with Crippen LogP contribution in [-0.4, -0.2) is 48.2 Å². The maximum atomic E-state index is 13.8. The number of benzene rings is 2. The van der Waals surface area contributed by atoms with Crippen molar-refractivity contribution in [3.8, 4) is 0 Å². The normalized spacial score (nSPS) is 14.6. The van der Waals surface area contributed by atoms with Crippen LogP contribution in [0, 0.1) is 5.82 Å². The maximum absolute atomic E-state index is 13.8. The van der Waals surface area contributed by atoms with Crippen molar-refractivity contribution in [2.75, 3.05) is 25.5 Å². The number of imide groups is 1. The summed E-state index contributed by atoms with van der Waals surface area (Å²) in [6.07, 6.45) is 0.710. The van der Waals surface area contributed by atoms with Crippen LogP contribution in [0.5, 0.6) is 0 Å². The van der Waals surface area contributed by atoms with Crippen molar-refractivity contribution >= 4 is 46.7 Å². The number of hydrogen-bond acceptors (Lipinski definition) is 6. The molecule has 31 heavy (non-hydrogen) atoms. The van der Waals surface area contributed by atoms with Crippen LogP contribution in [0.15, 0.2) is 53.4 Å². The first-order valence-corrected chi connectivity index (χ1v) is 9.94. The molecule has 8 nitrogen and oxygen atoms in total. The Morgan fingerprint density at radius 1 is 1.13 bits per heavy atom. The molecule has 0 unspecified atom stereocenters. The Morgan fingerprint density at radius 2 is 1.84 bits per heavy atom. The number of nitrogens with zero attached hydrogens (tertiary/aromatic N) is 1. The second-order valence-corrected chi connectivity index (χ2v) is 7.30. The number of nitrogens with one attached hydrogen (secondary N) is 2. The Kier molecular flexibility index (Phi) is 7.03. The average molecular weight is 443 g/mol. The van der Waals surface area contributed by atoms with Crippen LogP contribution in [0.1, 0.15) is 15.9 Å². The van der Waals surface area contributed by atoms with Gasteiger partial charge < -0.3 is 10.1 Å². The number of anilines is 1. The molecule has 1 fully saturated rings. The van der Waals surface area contributed by atoms with Crippen molar-refractivity contribution in [3.63, 3.8) is 0 Å². The van der Waals surface area contributed by atoms with Gasteiger partial charge in [-0.1, -0.05) is 18.2 Å². The SMILES string of the molecule is COC(=O)Nc1ccc(C(=O)NCCN2C(=O)SC(=Cc3ccccc3F)C2=O)cc1. The molecule has 0 atom stereocenters. The first-order chi connectivity index (χ1) is 14.9. The molecule has 2 aromatic rings. The van der Waals surface area contributed by atoms with E-state index in [1.807, 2.05) is 0 Å². The molecule has 1 aliphatic heterocycles. The molecule has 0 aromatic heterocycles. The highest BCUT2D eigenvalue weighted by Gasteiger charge is 2.34. The third-order valence-electron chi connectivity index (χ3n) is 4.27. The molecule has 10 heteroatoms. The number of hydrogen-bond donors (Lipinski definition) is 2. The Hall–Kier alpha value is -3.66. The van der Waals surface area contributed by atoms with Crippen LogP contribution in [0.4, 0.5) is 19.7 Å². The summed E-state index contributed by atoms with van der Waals surface area (Å²) >= 11 is 0.723. The zero-order chi connectivity index (χ0) is 22.4. The Morgan fingerprint density at radius 3 is 2.52 bits per heavy atom. The van der Waals surface area contributed by atoms with Gasteiger partial charge in [-0.3, -0.25) is 24.6 Å². The lowest BCUT2D eigenvalue weighted by molar-refractivity contribution is -0.122. The van der Waals surface area contributed by atoms with Gasteiger partial charge in [-0.15, -0.1) is 0 Å². The van der Waals surface area contributed by atoms with E-state index in [0.29, 0.717) is 11.3 Å². The number of carbonyl (C=O) groups is 4. The quantitative estimate of drug-likeness (QED) is 0.663. The molecule has 2 aromatic carbocycles. The second-order valence-electron chi connectivity index (χ2n) is 6.30. The fourth-order valence-electron chi connectivity index (χ4n) is 2.68. The average Bonchev–Trinajstić information content (AvgIpc) is 3.03. The highest BCUT2D eigenvalue weighted by Crippen LogP contribution is 2.32. The number of rotatable bonds is 6. The van der Waals surface area contributed by atoms with E-state index in [0.717, 1.165) is 16.7 Å². The van der Waals surface area contributed by atoms with Crippen LogP contribution in [0.2, 0.25) is 0 Å². The molecular weight excluding hydrogens is 425 g/mol. The Balaban J connectivity index is 1.55. The van der Waals surface area contributed by atoms with Gasteiger partial charge in [0.2, 0.25) is 0 Å². The van der Waals surface area contributed by atoms with Gasteiger partial charge in [0, 0.05) is 29.9 Å². The van der Waals surface area contributed by atoms with E-state index < -0.39 is 29.0 Å². The molecular formula is C21H18FN3O5S. The Labute approximate surface area is 181 Å². The van der Waals surface area contributed by atoms with E-state index in [1.54, 1.807) is 6.07 Å². The summed E-state index contributed by atoms with van der Waals surface area (Å²) in [5, 5.41) is 4.61. The smallest absolute Gasteiger partial charge is 0.411 e. The summed E-state index contributed by atoms with van der Waals surface area (Å²) in [6, 6.07) is 12.0. The van der Waals surface area contributed by atoms with Crippen LogP contribution < -0.4 is 10.6 Å². The van der Waals surface area contributed by atoms with E-state index in [4.69, 9.17) is 0 Å². The highest BCUT2D eigenvalue weighted by atomic mass is 32.2. The topological polar surface area (TPSA) is 105 Å². The van der Waals surface area contributed by atoms with E-state index in [2.05, 4.69) is 15.4 Å². The molecule has 160 valence electrons. The molecule has 1 aliphatic rings. The number of carbonyl (C=O) groups excluding carboxylic acids is 4. The van der Waals surface area contributed by atoms with Gasteiger partial charge in [0.1, 0.15) is 5.82 Å². The summed E-state index contributed by atoms with van der Waals surface area (Å²) in [5.41, 5.74) is 1.01. The number of thioether (sulfide) groups is 1. The van der Waals surface area contributed by atoms with Crippen molar-refractivity contribution in [1.29, 1.82) is 0 Å². The van der Waals surface area contributed by atoms with Gasteiger partial charge in [0.15, 0.2) is 0 Å². The molecule has 0 spiro atoms. The highest BCUT2D eigenvalue weighted by molar-refractivity contribution is 8.18. The Bertz CT molecular complexity index is 1060. The minimum atomic E-state index is -0.626. The zero-order valence-corrected chi connectivity index (χ0v) is 17.2. The van der Waals surface area contributed by atoms with Crippen LogP contribution >= 0.6 is 11.8 Å². The van der Waals surface area contributed by atoms with Gasteiger partial charge in [-0.25, -0.2) is 9.18 Å². The van der Waals surface area contributed by atoms with Crippen molar-refractivity contribution in [2.45, 2.75) is 0 Å². The fraction of sp³-hybridized carbons (Fsp3) is 0.143. The van der Waals surface area contributed by atoms with Gasteiger partial charge >= 0.3 is 6.09 Å². The first kappa shape index (κ1) is 22.0. The number of amides is 4. The van der Waals surface area contributed by atoms with Crippen LogP contribution in [-0.2, 0) is 9.53 Å². The summed E-state index contributed by atoms with van der Waals surface area (Å²) in [5.74, 6) is -1.43. The summed E-state index contributed by atoms with van der Waals surface area (Å²) in [6.45, 7) is 0.0268. The first-order valence-electron chi connectivity index (χ1n) is 9.12. The van der Waals surface area contributed by atoms with Crippen molar-refractivity contribution in [2.24, 2.45) is 0 Å². The molecule has 2 N–H and O–H groups in total. The molecule has 1 heterocycles. The minimum Gasteiger partial charge on any atom is -0.453 e. The van der Waals surface area contributed by atoms with E-state index in [-0.39, 0.29) is 23.6 Å². The summed E-state index contributed by atoms with van der Waals surface area (Å²) in [4.78, 5) is 49.1. The molecule has 0 radical (unpaired) electrons. The third kappa shape index (κ3) is 5.48. The van der Waals surface area contributed by atoms with Crippen LogP contribution in [0.3, 0.4) is 0 Å². The number of halogens is 1. The molecule has 4 amide bonds.